The van der Waals surface area contributed by atoms with Crippen molar-refractivity contribution in [1.29, 1.82) is 0 Å². The van der Waals surface area contributed by atoms with E-state index in [2.05, 4.69) is 23.8 Å². The van der Waals surface area contributed by atoms with Crippen LogP contribution in [-0.4, -0.2) is 42.2 Å². The Labute approximate surface area is 172 Å². The number of hydrogen-bond acceptors (Lipinski definition) is 7. The number of ether oxygens (including phenoxy) is 1. The van der Waals surface area contributed by atoms with Gasteiger partial charge in [-0.05, 0) is 32.4 Å². The summed E-state index contributed by atoms with van der Waals surface area (Å²) in [5.41, 5.74) is 1.92. The monoisotopic (exact) mass is 410 g/mol. The van der Waals surface area contributed by atoms with Crippen molar-refractivity contribution in [3.05, 3.63) is 30.2 Å². The highest BCUT2D eigenvalue weighted by atomic mass is 32.1. The second kappa shape index (κ2) is 7.75. The number of rotatable bonds is 7. The predicted molar refractivity (Wildman–Crippen MR) is 112 cm³/mol. The molecule has 0 spiro atoms. The van der Waals surface area contributed by atoms with E-state index in [4.69, 9.17) is 14.8 Å². The van der Waals surface area contributed by atoms with Crippen LogP contribution in [0.3, 0.4) is 0 Å². The maximum Gasteiger partial charge on any atom is 0.226 e. The van der Waals surface area contributed by atoms with Crippen molar-refractivity contribution in [2.45, 2.75) is 33.2 Å². The average Bonchev–Trinajstić information content (AvgIpc) is 3.40. The number of carbonyl (C=O) groups is 1. The molecule has 29 heavy (non-hydrogen) atoms. The first-order chi connectivity index (χ1) is 14.0. The highest BCUT2D eigenvalue weighted by Gasteiger charge is 2.21. The summed E-state index contributed by atoms with van der Waals surface area (Å²) in [5, 5.41) is 5.56. The summed E-state index contributed by atoms with van der Waals surface area (Å²) in [4.78, 5) is 26.3. The second-order valence-corrected chi connectivity index (χ2v) is 8.03. The van der Waals surface area contributed by atoms with Gasteiger partial charge >= 0.3 is 0 Å². The van der Waals surface area contributed by atoms with Gasteiger partial charge in [-0.1, -0.05) is 0 Å². The number of carbonyl (C=O) groups excluding carboxylic acids is 1. The molecule has 0 radical (unpaired) electrons. The van der Waals surface area contributed by atoms with E-state index in [1.165, 1.54) is 0 Å². The first-order valence-corrected chi connectivity index (χ1v) is 10.2. The molecule has 0 aliphatic rings. The third-order valence-electron chi connectivity index (χ3n) is 4.62. The van der Waals surface area contributed by atoms with Crippen molar-refractivity contribution >= 4 is 27.8 Å². The van der Waals surface area contributed by atoms with Crippen LogP contribution in [0.15, 0.2) is 24.7 Å². The normalized spacial score (nSPS) is 11.5. The van der Waals surface area contributed by atoms with Crippen molar-refractivity contribution in [2.75, 3.05) is 6.61 Å². The van der Waals surface area contributed by atoms with Crippen LogP contribution < -0.4 is 4.74 Å². The molecule has 4 aromatic rings. The van der Waals surface area contributed by atoms with Crippen LogP contribution >= 0.6 is 11.3 Å². The van der Waals surface area contributed by atoms with Crippen molar-refractivity contribution in [3.63, 3.8) is 0 Å². The molecule has 4 heterocycles. The zero-order chi connectivity index (χ0) is 20.5. The van der Waals surface area contributed by atoms with Gasteiger partial charge in [0, 0.05) is 38.1 Å². The number of aldehydes is 1. The molecule has 4 rings (SSSR count). The summed E-state index contributed by atoms with van der Waals surface area (Å²) in [7, 11) is 1.90. The number of aryl methyl sites for hydroxylation is 2. The quantitative estimate of drug-likeness (QED) is 0.340. The van der Waals surface area contributed by atoms with E-state index < -0.39 is 0 Å². The SMILES string of the molecule is Cc1c(-c2ccn(C(C)C)n2)sc2nc(-c3nccn3C)nc(OCCC=O)c12. The standard InChI is InChI=1S/C20H22N6O2S/c1-12(2)26-8-6-14(24-26)16-13(3)15-19(28-11-5-10-27)22-17(23-20(15)29-16)18-21-7-9-25(18)4/h6-10,12H,5,11H2,1-4H3. The lowest BCUT2D eigenvalue weighted by Gasteiger charge is -2.08. The summed E-state index contributed by atoms with van der Waals surface area (Å²) in [6.07, 6.45) is 6.68. The van der Waals surface area contributed by atoms with Gasteiger partial charge in [-0.15, -0.1) is 11.3 Å². The lowest BCUT2D eigenvalue weighted by molar-refractivity contribution is -0.108. The highest BCUT2D eigenvalue weighted by molar-refractivity contribution is 7.22. The first kappa shape index (κ1) is 19.3. The number of nitrogens with zero attached hydrogens (tertiary/aromatic N) is 6. The fraction of sp³-hybridized carbons (Fsp3) is 0.350. The molecule has 8 nitrogen and oxygen atoms in total. The summed E-state index contributed by atoms with van der Waals surface area (Å²) in [5.74, 6) is 1.62. The maximum atomic E-state index is 10.7. The smallest absolute Gasteiger partial charge is 0.226 e. The van der Waals surface area contributed by atoms with Crippen molar-refractivity contribution in [1.82, 2.24) is 29.3 Å². The molecular formula is C20H22N6O2S. The molecule has 0 saturated heterocycles. The molecule has 0 amide bonds. The van der Waals surface area contributed by atoms with Crippen LogP contribution in [0.5, 0.6) is 5.88 Å². The van der Waals surface area contributed by atoms with E-state index in [-0.39, 0.29) is 12.6 Å². The molecule has 0 unspecified atom stereocenters. The van der Waals surface area contributed by atoms with Crippen LogP contribution in [0.1, 0.15) is 31.9 Å². The van der Waals surface area contributed by atoms with E-state index in [1.807, 2.05) is 41.7 Å². The van der Waals surface area contributed by atoms with Gasteiger partial charge in [0.1, 0.15) is 16.8 Å². The molecule has 0 fully saturated rings. The number of fused-ring (bicyclic) bond motifs is 1. The Morgan fingerprint density at radius 3 is 2.76 bits per heavy atom. The Morgan fingerprint density at radius 1 is 1.28 bits per heavy atom. The van der Waals surface area contributed by atoms with Crippen molar-refractivity contribution in [3.8, 4) is 28.1 Å². The van der Waals surface area contributed by atoms with Gasteiger partial charge in [-0.3, -0.25) is 4.68 Å². The Kier molecular flexibility index (Phi) is 5.14. The van der Waals surface area contributed by atoms with E-state index in [0.717, 1.165) is 32.6 Å². The number of imidazole rings is 1. The molecular weight excluding hydrogens is 388 g/mol. The van der Waals surface area contributed by atoms with Crippen LogP contribution in [0.4, 0.5) is 0 Å². The summed E-state index contributed by atoms with van der Waals surface area (Å²) >= 11 is 1.56. The van der Waals surface area contributed by atoms with E-state index in [0.29, 0.717) is 23.9 Å². The molecule has 9 heteroatoms. The molecule has 0 bridgehead atoms. The Bertz CT molecular complexity index is 1170. The molecule has 0 aliphatic heterocycles. The molecule has 0 atom stereocenters. The Balaban J connectivity index is 1.87. The Hall–Kier alpha value is -3.07. The van der Waals surface area contributed by atoms with E-state index >= 15 is 0 Å². The summed E-state index contributed by atoms with van der Waals surface area (Å²) in [6.45, 7) is 6.48. The fourth-order valence-corrected chi connectivity index (χ4v) is 4.22. The van der Waals surface area contributed by atoms with Crippen LogP contribution in [-0.2, 0) is 11.8 Å². The minimum Gasteiger partial charge on any atom is -0.477 e. The predicted octanol–water partition coefficient (Wildman–Crippen LogP) is 3.81. The van der Waals surface area contributed by atoms with Crippen molar-refractivity contribution in [2.24, 2.45) is 7.05 Å². The lowest BCUT2D eigenvalue weighted by Crippen LogP contribution is -2.04. The van der Waals surface area contributed by atoms with Crippen LogP contribution in [0, 0.1) is 6.92 Å². The molecule has 0 saturated carbocycles. The van der Waals surface area contributed by atoms with Gasteiger partial charge in [-0.25, -0.2) is 9.97 Å². The first-order valence-electron chi connectivity index (χ1n) is 9.40. The molecule has 0 aromatic carbocycles. The molecule has 150 valence electrons. The number of aromatic nitrogens is 6. The van der Waals surface area contributed by atoms with Crippen LogP contribution in [0.25, 0.3) is 32.4 Å². The maximum absolute atomic E-state index is 10.7. The second-order valence-electron chi connectivity index (χ2n) is 7.03. The topological polar surface area (TPSA) is 87.7 Å². The minimum absolute atomic E-state index is 0.266. The molecule has 0 N–H and O–H groups in total. The van der Waals surface area contributed by atoms with Crippen molar-refractivity contribution < 1.29 is 9.53 Å². The largest absolute Gasteiger partial charge is 0.477 e. The van der Waals surface area contributed by atoms with Gasteiger partial charge in [-0.2, -0.15) is 10.1 Å². The molecule has 0 aliphatic carbocycles. The van der Waals surface area contributed by atoms with Gasteiger partial charge in [0.15, 0.2) is 5.82 Å². The molecule has 4 aromatic heterocycles. The minimum atomic E-state index is 0.266. The summed E-state index contributed by atoms with van der Waals surface area (Å²) < 4.78 is 9.67. The van der Waals surface area contributed by atoms with E-state index in [9.17, 15) is 4.79 Å². The van der Waals surface area contributed by atoms with Gasteiger partial charge in [0.2, 0.25) is 11.7 Å². The van der Waals surface area contributed by atoms with Gasteiger partial charge in [0.25, 0.3) is 0 Å². The number of hydrogen-bond donors (Lipinski definition) is 0. The zero-order valence-corrected chi connectivity index (χ0v) is 17.6. The Morgan fingerprint density at radius 2 is 2.10 bits per heavy atom. The fourth-order valence-electron chi connectivity index (χ4n) is 3.08. The van der Waals surface area contributed by atoms with Gasteiger partial charge in [0.05, 0.1) is 16.9 Å². The number of thiophene rings is 1. The average molecular weight is 411 g/mol. The summed E-state index contributed by atoms with van der Waals surface area (Å²) in [6, 6.07) is 2.30. The third-order valence-corrected chi connectivity index (χ3v) is 5.83. The van der Waals surface area contributed by atoms with Crippen LogP contribution in [0.2, 0.25) is 0 Å². The van der Waals surface area contributed by atoms with Gasteiger partial charge < -0.3 is 14.1 Å². The lowest BCUT2D eigenvalue weighted by atomic mass is 10.2. The van der Waals surface area contributed by atoms with E-state index in [1.54, 1.807) is 17.5 Å². The highest BCUT2D eigenvalue weighted by Crippen LogP contribution is 2.41. The zero-order valence-electron chi connectivity index (χ0n) is 16.8. The third kappa shape index (κ3) is 3.53.